The average molecular weight is 360 g/mol. The monoisotopic (exact) mass is 360 g/mol. The van der Waals surface area contributed by atoms with Gasteiger partial charge in [-0.15, -0.1) is 0 Å². The van der Waals surface area contributed by atoms with E-state index in [2.05, 4.69) is 15.6 Å². The summed E-state index contributed by atoms with van der Waals surface area (Å²) in [5, 5.41) is 14.9. The lowest BCUT2D eigenvalue weighted by Crippen LogP contribution is -2.19. The van der Waals surface area contributed by atoms with E-state index in [0.717, 1.165) is 16.8 Å². The number of amides is 3. The number of nitrogens with one attached hydrogen (secondary N) is 3. The zero-order chi connectivity index (χ0) is 19.0. The number of anilines is 2. The smallest absolute Gasteiger partial charge is 0.316 e. The molecule has 3 amide bonds. The van der Waals surface area contributed by atoms with Gasteiger partial charge in [-0.25, -0.2) is 4.79 Å². The topological polar surface area (TPSA) is 120 Å². The summed E-state index contributed by atoms with van der Waals surface area (Å²) < 4.78 is 0. The summed E-state index contributed by atoms with van der Waals surface area (Å²) in [5.74, 6) is -0.0399. The molecule has 0 spiro atoms. The average Bonchev–Trinajstić information content (AvgIpc) is 3.20. The third-order valence-electron chi connectivity index (χ3n) is 4.25. The number of H-pyrrole nitrogens is 1. The first-order valence-corrected chi connectivity index (χ1v) is 8.21. The molecule has 0 bridgehead atoms. The third kappa shape index (κ3) is 3.25. The van der Waals surface area contributed by atoms with Crippen molar-refractivity contribution in [1.29, 1.82) is 0 Å². The van der Waals surface area contributed by atoms with Crippen molar-refractivity contribution >= 4 is 35.0 Å². The highest BCUT2D eigenvalue weighted by Crippen LogP contribution is 2.35. The van der Waals surface area contributed by atoms with Gasteiger partial charge in [-0.1, -0.05) is 12.1 Å². The van der Waals surface area contributed by atoms with Crippen LogP contribution in [0.15, 0.2) is 54.7 Å². The van der Waals surface area contributed by atoms with Gasteiger partial charge in [0.05, 0.1) is 5.57 Å². The van der Waals surface area contributed by atoms with E-state index in [9.17, 15) is 14.7 Å². The number of hydrogen-bond acceptors (Lipinski definition) is 3. The fourth-order valence-electron chi connectivity index (χ4n) is 3.05. The van der Waals surface area contributed by atoms with Crippen LogP contribution in [0.25, 0.3) is 22.8 Å². The molecule has 0 fully saturated rings. The molecule has 0 aliphatic carbocycles. The number of carbonyl (C=O) groups excluding carboxylic acids is 2. The summed E-state index contributed by atoms with van der Waals surface area (Å²) in [7, 11) is 0. The molecular formula is C20H16N4O3. The number of urea groups is 1. The van der Waals surface area contributed by atoms with Crippen molar-refractivity contribution in [3.05, 3.63) is 66.0 Å². The third-order valence-corrected chi connectivity index (χ3v) is 4.25. The van der Waals surface area contributed by atoms with Gasteiger partial charge in [-0.05, 0) is 53.6 Å². The van der Waals surface area contributed by atoms with Crippen LogP contribution >= 0.6 is 0 Å². The van der Waals surface area contributed by atoms with Crippen LogP contribution in [-0.2, 0) is 4.79 Å². The Morgan fingerprint density at radius 3 is 2.74 bits per heavy atom. The van der Waals surface area contributed by atoms with Gasteiger partial charge >= 0.3 is 6.03 Å². The second kappa shape index (κ2) is 6.38. The lowest BCUT2D eigenvalue weighted by Gasteiger charge is -2.04. The van der Waals surface area contributed by atoms with E-state index in [-0.39, 0.29) is 11.7 Å². The number of aromatic nitrogens is 1. The molecule has 0 saturated heterocycles. The second-order valence-electron chi connectivity index (χ2n) is 6.16. The highest BCUT2D eigenvalue weighted by molar-refractivity contribution is 6.35. The standard InChI is InChI=1S/C20H16N4O3/c21-20(27)23-13-4-5-18-16(8-13)17(19(26)24-18)9-14-6-12(10-22-14)11-2-1-3-15(25)7-11/h1-10,22,25H,(H,24,26)(H3,21,23,27). The van der Waals surface area contributed by atoms with Crippen LogP contribution in [0, 0.1) is 0 Å². The van der Waals surface area contributed by atoms with Gasteiger partial charge in [0.2, 0.25) is 0 Å². The molecule has 27 heavy (non-hydrogen) atoms. The van der Waals surface area contributed by atoms with Crippen LogP contribution in [0.1, 0.15) is 11.3 Å². The number of benzene rings is 2. The van der Waals surface area contributed by atoms with Crippen LogP contribution < -0.4 is 16.4 Å². The molecule has 1 aromatic heterocycles. The Labute approximate surface area is 154 Å². The Bertz CT molecular complexity index is 1100. The number of hydrogen-bond donors (Lipinski definition) is 5. The van der Waals surface area contributed by atoms with Gasteiger partial charge in [0.15, 0.2) is 0 Å². The predicted molar refractivity (Wildman–Crippen MR) is 104 cm³/mol. The normalized spacial score (nSPS) is 14.1. The van der Waals surface area contributed by atoms with Crippen molar-refractivity contribution in [1.82, 2.24) is 4.98 Å². The Hall–Kier alpha value is -4.00. The number of phenols is 1. The van der Waals surface area contributed by atoms with E-state index in [1.54, 1.807) is 48.7 Å². The minimum absolute atomic E-state index is 0.187. The quantitative estimate of drug-likeness (QED) is 0.461. The molecule has 0 unspecified atom stereocenters. The Kier molecular flexibility index (Phi) is 3.89. The van der Waals surface area contributed by atoms with E-state index in [1.807, 2.05) is 12.1 Å². The summed E-state index contributed by atoms with van der Waals surface area (Å²) >= 11 is 0. The first kappa shape index (κ1) is 16.5. The first-order chi connectivity index (χ1) is 13.0. The number of aromatic amines is 1. The minimum Gasteiger partial charge on any atom is -0.508 e. The van der Waals surface area contributed by atoms with Crippen LogP contribution in [0.2, 0.25) is 0 Å². The van der Waals surface area contributed by atoms with Gasteiger partial charge in [-0.3, -0.25) is 4.79 Å². The van der Waals surface area contributed by atoms with Crippen molar-refractivity contribution in [3.63, 3.8) is 0 Å². The molecule has 1 aliphatic heterocycles. The van der Waals surface area contributed by atoms with E-state index in [0.29, 0.717) is 22.5 Å². The Morgan fingerprint density at radius 2 is 1.96 bits per heavy atom. The van der Waals surface area contributed by atoms with Gasteiger partial charge < -0.3 is 26.5 Å². The van der Waals surface area contributed by atoms with E-state index >= 15 is 0 Å². The molecule has 0 radical (unpaired) electrons. The van der Waals surface area contributed by atoms with E-state index in [1.165, 1.54) is 0 Å². The summed E-state index contributed by atoms with van der Waals surface area (Å²) in [4.78, 5) is 26.5. The molecule has 7 heteroatoms. The molecule has 4 rings (SSSR count). The lowest BCUT2D eigenvalue weighted by molar-refractivity contribution is -0.110. The zero-order valence-electron chi connectivity index (χ0n) is 14.1. The zero-order valence-corrected chi connectivity index (χ0v) is 14.1. The molecule has 2 heterocycles. The van der Waals surface area contributed by atoms with Crippen molar-refractivity contribution < 1.29 is 14.7 Å². The number of phenolic OH excluding ortho intramolecular Hbond substituents is 1. The Balaban J connectivity index is 1.69. The summed E-state index contributed by atoms with van der Waals surface area (Å²) in [6.07, 6.45) is 3.54. The summed E-state index contributed by atoms with van der Waals surface area (Å²) in [6, 6.07) is 13.2. The number of nitrogens with two attached hydrogens (primary N) is 1. The van der Waals surface area contributed by atoms with Crippen molar-refractivity contribution in [3.8, 4) is 16.9 Å². The van der Waals surface area contributed by atoms with Gasteiger partial charge in [0, 0.05) is 28.8 Å². The second-order valence-corrected chi connectivity index (χ2v) is 6.16. The molecule has 7 nitrogen and oxygen atoms in total. The molecule has 0 atom stereocenters. The summed E-state index contributed by atoms with van der Waals surface area (Å²) in [5.41, 5.74) is 9.97. The fourth-order valence-corrected chi connectivity index (χ4v) is 3.05. The SMILES string of the molecule is NC(=O)Nc1ccc2c(c1)C(=Cc1cc(-c3cccc(O)c3)c[nH]1)C(=O)N2. The summed E-state index contributed by atoms with van der Waals surface area (Å²) in [6.45, 7) is 0. The maximum atomic E-state index is 12.4. The maximum absolute atomic E-state index is 12.4. The van der Waals surface area contributed by atoms with Crippen LogP contribution in [-0.4, -0.2) is 22.0 Å². The van der Waals surface area contributed by atoms with Gasteiger partial charge in [0.1, 0.15) is 5.75 Å². The van der Waals surface area contributed by atoms with E-state index < -0.39 is 6.03 Å². The van der Waals surface area contributed by atoms with Crippen molar-refractivity contribution in [2.45, 2.75) is 0 Å². The van der Waals surface area contributed by atoms with Gasteiger partial charge in [0.25, 0.3) is 5.91 Å². The molecule has 0 saturated carbocycles. The predicted octanol–water partition coefficient (Wildman–Crippen LogP) is 3.37. The number of carbonyl (C=O) groups is 2. The molecule has 6 N–H and O–H groups in total. The van der Waals surface area contributed by atoms with E-state index in [4.69, 9.17) is 5.73 Å². The maximum Gasteiger partial charge on any atom is 0.316 e. The van der Waals surface area contributed by atoms with Crippen molar-refractivity contribution in [2.24, 2.45) is 5.73 Å². The largest absolute Gasteiger partial charge is 0.508 e. The lowest BCUT2D eigenvalue weighted by atomic mass is 10.0. The van der Waals surface area contributed by atoms with Crippen LogP contribution in [0.5, 0.6) is 5.75 Å². The molecule has 1 aliphatic rings. The molecule has 2 aromatic carbocycles. The first-order valence-electron chi connectivity index (χ1n) is 8.21. The molecule has 3 aromatic rings. The highest BCUT2D eigenvalue weighted by Gasteiger charge is 2.24. The Morgan fingerprint density at radius 1 is 1.11 bits per heavy atom. The van der Waals surface area contributed by atoms with Crippen LogP contribution in [0.3, 0.4) is 0 Å². The molecule has 134 valence electrons. The fraction of sp³-hybridized carbons (Fsp3) is 0. The van der Waals surface area contributed by atoms with Gasteiger partial charge in [-0.2, -0.15) is 0 Å². The number of rotatable bonds is 3. The number of primary amides is 1. The van der Waals surface area contributed by atoms with Crippen LogP contribution in [0.4, 0.5) is 16.2 Å². The molecular weight excluding hydrogens is 344 g/mol. The minimum atomic E-state index is -0.669. The highest BCUT2D eigenvalue weighted by atomic mass is 16.3. The number of fused-ring (bicyclic) bond motifs is 1. The number of aromatic hydroxyl groups is 1. The van der Waals surface area contributed by atoms with Crippen molar-refractivity contribution in [2.75, 3.05) is 10.6 Å².